The number of cyclic esters (lactones) is 1. The molecule has 18 nitrogen and oxygen atoms in total. The lowest BCUT2D eigenvalue weighted by molar-refractivity contribution is -0.339. The van der Waals surface area contributed by atoms with Crippen molar-refractivity contribution in [3.63, 3.8) is 0 Å². The molecular formula is C52H92N4O14S. The Morgan fingerprint density at radius 1 is 0.930 bits per heavy atom. The SMILES string of the molecule is CC[C@H]1OC(=O)[C@H](C)[C@@H](O[C@H]2C[C@@](C)(OC)[C@](O)(CN3CCCCC3)[C@H](C)O2)[C@H](C)[C@@H](O[C@H]2O[C@@H](C)C[C@@H](N(C)S(=O)(=O)Nc3ccc(C(C)(C)C)cc3)[C@@H]2O)[C@](C)(O)C[C@@H](C)CN[C@H](C)[C@@H](O)[C@]1(C)O. The van der Waals surface area contributed by atoms with Gasteiger partial charge in [-0.3, -0.25) is 9.52 Å². The average Bonchev–Trinajstić information content (AvgIpc) is 3.29. The fraction of sp³-hybridized carbons (Fsp3) is 0.865. The van der Waals surface area contributed by atoms with Gasteiger partial charge in [0.25, 0.3) is 0 Å². The Labute approximate surface area is 425 Å². The molecule has 7 N–H and O–H groups in total. The quantitative estimate of drug-likeness (QED) is 0.143. The summed E-state index contributed by atoms with van der Waals surface area (Å²) in [5, 5.41) is 64.2. The van der Waals surface area contributed by atoms with Crippen LogP contribution >= 0.6 is 0 Å². The Hall–Kier alpha value is -2.08. The molecule has 4 aliphatic rings. The summed E-state index contributed by atoms with van der Waals surface area (Å²) < 4.78 is 70.7. The van der Waals surface area contributed by atoms with Gasteiger partial charge < -0.3 is 64.2 Å². The van der Waals surface area contributed by atoms with Gasteiger partial charge in [0.05, 0.1) is 42.0 Å². The zero-order chi connectivity index (χ0) is 53.2. The van der Waals surface area contributed by atoms with Crippen LogP contribution in [0, 0.1) is 17.8 Å². The number of rotatable bonds is 12. The number of methoxy groups -OCH3 is 1. The van der Waals surface area contributed by atoms with Crippen LogP contribution in [0.3, 0.4) is 0 Å². The summed E-state index contributed by atoms with van der Waals surface area (Å²) in [6.07, 6.45) is -6.94. The third-order valence-corrected chi connectivity index (χ3v) is 17.8. The first-order valence-corrected chi connectivity index (χ1v) is 27.5. The highest BCUT2D eigenvalue weighted by Crippen LogP contribution is 2.44. The molecule has 1 aromatic rings. The number of hydrogen-bond donors (Lipinski definition) is 7. The number of ether oxygens (including phenoxy) is 6. The van der Waals surface area contributed by atoms with E-state index in [1.807, 2.05) is 26.0 Å². The van der Waals surface area contributed by atoms with Crippen LogP contribution in [-0.4, -0.2) is 179 Å². The van der Waals surface area contributed by atoms with Crippen molar-refractivity contribution in [1.29, 1.82) is 0 Å². The van der Waals surface area contributed by atoms with Gasteiger partial charge in [-0.2, -0.15) is 12.7 Å². The smallest absolute Gasteiger partial charge is 0.311 e. The summed E-state index contributed by atoms with van der Waals surface area (Å²) in [7, 11) is -1.32. The molecule has 4 fully saturated rings. The van der Waals surface area contributed by atoms with Gasteiger partial charge in [0.15, 0.2) is 12.6 Å². The summed E-state index contributed by atoms with van der Waals surface area (Å²) >= 11 is 0. The number of carbonyl (C=O) groups is 1. The van der Waals surface area contributed by atoms with Crippen molar-refractivity contribution < 1.29 is 67.2 Å². The third-order valence-electron chi connectivity index (χ3n) is 16.3. The van der Waals surface area contributed by atoms with Crippen LogP contribution in [0.1, 0.15) is 141 Å². The van der Waals surface area contributed by atoms with Gasteiger partial charge >= 0.3 is 16.2 Å². The lowest BCUT2D eigenvalue weighted by Gasteiger charge is -2.55. The molecule has 19 heteroatoms. The molecule has 0 radical (unpaired) electrons. The van der Waals surface area contributed by atoms with Gasteiger partial charge in [-0.1, -0.05) is 60.1 Å². The first-order valence-electron chi connectivity index (χ1n) is 26.0. The van der Waals surface area contributed by atoms with E-state index in [4.69, 9.17) is 28.4 Å². The predicted octanol–water partition coefficient (Wildman–Crippen LogP) is 4.44. The second kappa shape index (κ2) is 23.4. The Balaban J connectivity index is 1.54. The normalized spacial score (nSPS) is 42.2. The van der Waals surface area contributed by atoms with Crippen molar-refractivity contribution in [2.24, 2.45) is 17.8 Å². The zero-order valence-electron chi connectivity index (χ0n) is 45.4. The number of nitrogens with zero attached hydrogens (tertiary/aromatic N) is 2. The number of β-amino-alcohol motifs (C(OH)–C–C–N with tert-alkyl or cyclic N) is 1. The number of likely N-dealkylation sites (tertiary alicyclic amines) is 1. The largest absolute Gasteiger partial charge is 0.459 e. The number of benzene rings is 1. The molecule has 410 valence electrons. The fourth-order valence-corrected chi connectivity index (χ4v) is 12.6. The second-order valence-corrected chi connectivity index (χ2v) is 25.1. The van der Waals surface area contributed by atoms with Gasteiger partial charge in [0, 0.05) is 44.8 Å². The van der Waals surface area contributed by atoms with Crippen LogP contribution in [0.25, 0.3) is 0 Å². The first-order chi connectivity index (χ1) is 32.8. The minimum atomic E-state index is -4.24. The third kappa shape index (κ3) is 13.7. The minimum Gasteiger partial charge on any atom is -0.459 e. The predicted molar refractivity (Wildman–Crippen MR) is 271 cm³/mol. The highest BCUT2D eigenvalue weighted by atomic mass is 32.2. The van der Waals surface area contributed by atoms with Crippen LogP contribution in [-0.2, 0) is 48.8 Å². The number of esters is 1. The van der Waals surface area contributed by atoms with Crippen molar-refractivity contribution in [3.8, 4) is 0 Å². The van der Waals surface area contributed by atoms with Gasteiger partial charge in [-0.25, -0.2) is 0 Å². The molecule has 0 aromatic heterocycles. The number of aliphatic hydroxyl groups is 5. The molecule has 0 spiro atoms. The molecule has 71 heavy (non-hydrogen) atoms. The van der Waals surface area contributed by atoms with Crippen molar-refractivity contribution in [2.45, 2.75) is 230 Å². The number of piperidine rings is 1. The lowest BCUT2D eigenvalue weighted by atomic mass is 9.74. The van der Waals surface area contributed by atoms with E-state index in [9.17, 15) is 38.7 Å². The summed E-state index contributed by atoms with van der Waals surface area (Å²) in [6, 6.07) is 5.42. The Bertz CT molecular complexity index is 1980. The zero-order valence-corrected chi connectivity index (χ0v) is 46.2. The van der Waals surface area contributed by atoms with E-state index in [1.165, 1.54) is 14.0 Å². The standard InChI is InChI=1S/C52H92N4O14S/c1-16-40-51(13,61)44(58)35(6)53-29-31(2)27-49(11,60)45(70-47-42(57)39(26-32(3)66-47)55(14)71(63,64)54-38-22-20-37(21-23-38)48(8,9)10)33(4)43(34(5)46(59)68-40)69-41-28-50(12,65-15)52(62,36(7)67-41)30-56-24-18-17-19-25-56/h20-23,31-36,39-45,47,53-54,57-58,60-62H,16-19,24-30H2,1-15H3/t31-,32+,33+,34-,35-,36+,39-,40-,41+,42+,43+,44-,45-,47-,49-,50-,51-,52+/m1/s1. The second-order valence-electron chi connectivity index (χ2n) is 23.3. The maximum absolute atomic E-state index is 14.6. The van der Waals surface area contributed by atoms with Crippen molar-refractivity contribution in [1.82, 2.24) is 14.5 Å². The number of nitrogens with one attached hydrogen (secondary N) is 2. The molecule has 4 aliphatic heterocycles. The van der Waals surface area contributed by atoms with E-state index >= 15 is 0 Å². The number of aliphatic hydroxyl groups excluding tert-OH is 2. The van der Waals surface area contributed by atoms with Gasteiger partial charge in [0.2, 0.25) is 0 Å². The maximum Gasteiger partial charge on any atom is 0.311 e. The van der Waals surface area contributed by atoms with E-state index in [0.717, 1.165) is 42.2 Å². The lowest BCUT2D eigenvalue weighted by Crippen LogP contribution is -2.70. The molecule has 18 atom stereocenters. The average molecular weight is 1030 g/mol. The molecule has 4 heterocycles. The number of hydrogen-bond acceptors (Lipinski definition) is 16. The van der Waals surface area contributed by atoms with E-state index in [2.05, 4.69) is 35.7 Å². The molecule has 0 saturated carbocycles. The first kappa shape index (κ1) is 59.8. The van der Waals surface area contributed by atoms with Crippen LogP contribution in [0.15, 0.2) is 24.3 Å². The summed E-state index contributed by atoms with van der Waals surface area (Å²) in [5.41, 5.74) is -5.04. The molecule has 4 saturated heterocycles. The Morgan fingerprint density at radius 3 is 2.13 bits per heavy atom. The Morgan fingerprint density at radius 2 is 1.55 bits per heavy atom. The maximum atomic E-state index is 14.6. The van der Waals surface area contributed by atoms with Crippen LogP contribution in [0.5, 0.6) is 0 Å². The number of anilines is 1. The van der Waals surface area contributed by atoms with E-state index in [0.29, 0.717) is 18.8 Å². The van der Waals surface area contributed by atoms with Crippen molar-refractivity contribution >= 4 is 21.9 Å². The molecule has 1 aromatic carbocycles. The van der Waals surface area contributed by atoms with Gasteiger partial charge in [-0.05, 0) is 129 Å². The fourth-order valence-electron chi connectivity index (χ4n) is 11.5. The topological polar surface area (TPSA) is 238 Å². The highest BCUT2D eigenvalue weighted by Gasteiger charge is 2.59. The molecular weight excluding hydrogens is 937 g/mol. The van der Waals surface area contributed by atoms with Crippen LogP contribution in [0.4, 0.5) is 5.69 Å². The van der Waals surface area contributed by atoms with Gasteiger partial charge in [-0.15, -0.1) is 0 Å². The van der Waals surface area contributed by atoms with Crippen molar-refractivity contribution in [2.75, 3.05) is 45.1 Å². The summed E-state index contributed by atoms with van der Waals surface area (Å²) in [4.78, 5) is 16.8. The van der Waals surface area contributed by atoms with E-state index < -0.39 is 118 Å². The molecule has 0 amide bonds. The van der Waals surface area contributed by atoms with E-state index in [1.54, 1.807) is 67.7 Å². The number of likely N-dealkylation sites (N-methyl/N-ethyl adjacent to an activating group) is 1. The molecule has 0 unspecified atom stereocenters. The highest BCUT2D eigenvalue weighted by molar-refractivity contribution is 7.90. The molecule has 0 aliphatic carbocycles. The van der Waals surface area contributed by atoms with E-state index in [-0.39, 0.29) is 37.0 Å². The van der Waals surface area contributed by atoms with Crippen LogP contribution < -0.4 is 10.0 Å². The minimum absolute atomic E-state index is 0.0450. The summed E-state index contributed by atoms with van der Waals surface area (Å²) in [6.45, 7) is 25.6. The van der Waals surface area contributed by atoms with Gasteiger partial charge in [0.1, 0.15) is 35.1 Å². The Kier molecular flexibility index (Phi) is 19.7. The molecule has 5 rings (SSSR count). The number of carbonyl (C=O) groups excluding carboxylic acids is 1. The summed E-state index contributed by atoms with van der Waals surface area (Å²) in [5.74, 6) is -3.12. The van der Waals surface area contributed by atoms with Crippen molar-refractivity contribution in [3.05, 3.63) is 29.8 Å². The van der Waals surface area contributed by atoms with Crippen LogP contribution in [0.2, 0.25) is 0 Å². The monoisotopic (exact) mass is 1030 g/mol. The molecule has 0 bridgehead atoms.